The van der Waals surface area contributed by atoms with E-state index in [0.29, 0.717) is 6.10 Å². The van der Waals surface area contributed by atoms with E-state index in [1.165, 1.54) is 51.7 Å². The van der Waals surface area contributed by atoms with Gasteiger partial charge in [-0.15, -0.1) is 0 Å². The van der Waals surface area contributed by atoms with E-state index in [1.807, 2.05) is 0 Å². The molecular formula is C12H25NO. The van der Waals surface area contributed by atoms with Crippen molar-refractivity contribution in [3.05, 3.63) is 0 Å². The predicted octanol–water partition coefficient (Wildman–Crippen LogP) is 2.68. The molecule has 0 spiro atoms. The highest BCUT2D eigenvalue weighted by Gasteiger charge is 2.17. The number of hydrogen-bond acceptors (Lipinski definition) is 2. The molecule has 2 heteroatoms. The summed E-state index contributed by atoms with van der Waals surface area (Å²) in [6.45, 7) is 9.11. The minimum atomic E-state index is 0.551. The number of rotatable bonds is 6. The van der Waals surface area contributed by atoms with Crippen LogP contribution in [-0.2, 0) is 4.74 Å². The standard InChI is InChI=1S/C12H25NO/c1-3-5-6-11-14-12-7-9-13(4-2)10-8-12/h12H,3-11H2,1-2H3. The van der Waals surface area contributed by atoms with Crippen LogP contribution in [0.1, 0.15) is 46.0 Å². The monoisotopic (exact) mass is 199 g/mol. The Bertz CT molecular complexity index is 130. The van der Waals surface area contributed by atoms with E-state index in [2.05, 4.69) is 18.7 Å². The summed E-state index contributed by atoms with van der Waals surface area (Å²) < 4.78 is 5.85. The summed E-state index contributed by atoms with van der Waals surface area (Å²) in [6, 6.07) is 0. The summed E-state index contributed by atoms with van der Waals surface area (Å²) in [6.07, 6.45) is 6.87. The maximum atomic E-state index is 5.85. The molecule has 0 atom stereocenters. The first-order valence-electron chi connectivity index (χ1n) is 6.20. The predicted molar refractivity (Wildman–Crippen MR) is 60.6 cm³/mol. The third-order valence-corrected chi connectivity index (χ3v) is 3.08. The van der Waals surface area contributed by atoms with Crippen LogP contribution in [0.15, 0.2) is 0 Å². The zero-order valence-corrected chi connectivity index (χ0v) is 9.80. The van der Waals surface area contributed by atoms with E-state index in [0.717, 1.165) is 6.61 Å². The molecule has 0 aromatic heterocycles. The van der Waals surface area contributed by atoms with Crippen molar-refractivity contribution in [1.82, 2.24) is 4.90 Å². The average Bonchev–Trinajstić information content (AvgIpc) is 2.25. The summed E-state index contributed by atoms with van der Waals surface area (Å²) in [4.78, 5) is 2.51. The van der Waals surface area contributed by atoms with Gasteiger partial charge in [0.2, 0.25) is 0 Å². The van der Waals surface area contributed by atoms with Gasteiger partial charge in [0.05, 0.1) is 6.10 Å². The van der Waals surface area contributed by atoms with E-state index in [1.54, 1.807) is 0 Å². The zero-order valence-electron chi connectivity index (χ0n) is 9.80. The van der Waals surface area contributed by atoms with Crippen LogP contribution in [0.5, 0.6) is 0 Å². The Morgan fingerprint density at radius 3 is 2.43 bits per heavy atom. The van der Waals surface area contributed by atoms with Crippen molar-refractivity contribution in [3.8, 4) is 0 Å². The zero-order chi connectivity index (χ0) is 10.2. The minimum Gasteiger partial charge on any atom is -0.378 e. The van der Waals surface area contributed by atoms with E-state index < -0.39 is 0 Å². The first kappa shape index (κ1) is 12.0. The largest absolute Gasteiger partial charge is 0.378 e. The second-order valence-corrected chi connectivity index (χ2v) is 4.21. The lowest BCUT2D eigenvalue weighted by atomic mass is 10.1. The van der Waals surface area contributed by atoms with Crippen LogP contribution in [0.3, 0.4) is 0 Å². The summed E-state index contributed by atoms with van der Waals surface area (Å²) in [7, 11) is 0. The Kier molecular flexibility index (Phi) is 6.20. The first-order chi connectivity index (χ1) is 6.86. The Hall–Kier alpha value is -0.0800. The highest BCUT2D eigenvalue weighted by Crippen LogP contribution is 2.13. The smallest absolute Gasteiger partial charge is 0.0599 e. The summed E-state index contributed by atoms with van der Waals surface area (Å²) in [5.74, 6) is 0. The van der Waals surface area contributed by atoms with Crippen molar-refractivity contribution >= 4 is 0 Å². The van der Waals surface area contributed by atoms with Gasteiger partial charge in [0.1, 0.15) is 0 Å². The molecule has 0 aromatic carbocycles. The van der Waals surface area contributed by atoms with E-state index >= 15 is 0 Å². The SMILES string of the molecule is CCCCCOC1CCN(CC)CC1. The molecule has 0 radical (unpaired) electrons. The van der Waals surface area contributed by atoms with Crippen molar-refractivity contribution in [2.45, 2.75) is 52.1 Å². The summed E-state index contributed by atoms with van der Waals surface area (Å²) in [5.41, 5.74) is 0. The van der Waals surface area contributed by atoms with Crippen molar-refractivity contribution in [2.24, 2.45) is 0 Å². The molecule has 0 N–H and O–H groups in total. The Morgan fingerprint density at radius 1 is 1.14 bits per heavy atom. The number of unbranched alkanes of at least 4 members (excludes halogenated alkanes) is 2. The topological polar surface area (TPSA) is 12.5 Å². The Morgan fingerprint density at radius 2 is 1.86 bits per heavy atom. The number of nitrogens with zero attached hydrogens (tertiary/aromatic N) is 1. The van der Waals surface area contributed by atoms with Crippen LogP contribution in [0.25, 0.3) is 0 Å². The third-order valence-electron chi connectivity index (χ3n) is 3.08. The Balaban J connectivity index is 1.98. The van der Waals surface area contributed by atoms with Crippen molar-refractivity contribution in [1.29, 1.82) is 0 Å². The van der Waals surface area contributed by atoms with Crippen molar-refractivity contribution in [3.63, 3.8) is 0 Å². The van der Waals surface area contributed by atoms with E-state index in [4.69, 9.17) is 4.74 Å². The highest BCUT2D eigenvalue weighted by molar-refractivity contribution is 4.71. The molecule has 0 aromatic rings. The van der Waals surface area contributed by atoms with Crippen LogP contribution >= 0.6 is 0 Å². The van der Waals surface area contributed by atoms with Crippen LogP contribution in [0.4, 0.5) is 0 Å². The van der Waals surface area contributed by atoms with Gasteiger partial charge in [-0.2, -0.15) is 0 Å². The highest BCUT2D eigenvalue weighted by atomic mass is 16.5. The lowest BCUT2D eigenvalue weighted by Crippen LogP contribution is -2.36. The van der Waals surface area contributed by atoms with E-state index in [9.17, 15) is 0 Å². The molecule has 1 aliphatic heterocycles. The van der Waals surface area contributed by atoms with Gasteiger partial charge in [0.15, 0.2) is 0 Å². The van der Waals surface area contributed by atoms with Crippen LogP contribution in [0.2, 0.25) is 0 Å². The molecule has 0 aliphatic carbocycles. The fourth-order valence-corrected chi connectivity index (χ4v) is 1.99. The van der Waals surface area contributed by atoms with E-state index in [-0.39, 0.29) is 0 Å². The van der Waals surface area contributed by atoms with Gasteiger partial charge in [-0.25, -0.2) is 0 Å². The second kappa shape index (κ2) is 7.24. The summed E-state index contributed by atoms with van der Waals surface area (Å²) >= 11 is 0. The minimum absolute atomic E-state index is 0.551. The van der Waals surface area contributed by atoms with Gasteiger partial charge in [0.25, 0.3) is 0 Å². The molecule has 0 bridgehead atoms. The number of piperidine rings is 1. The molecule has 1 aliphatic rings. The number of ether oxygens (including phenoxy) is 1. The number of likely N-dealkylation sites (tertiary alicyclic amines) is 1. The molecule has 1 fully saturated rings. The van der Waals surface area contributed by atoms with Gasteiger partial charge in [-0.3, -0.25) is 0 Å². The number of hydrogen-bond donors (Lipinski definition) is 0. The second-order valence-electron chi connectivity index (χ2n) is 4.21. The normalized spacial score (nSPS) is 20.1. The molecule has 1 heterocycles. The van der Waals surface area contributed by atoms with Crippen LogP contribution in [0, 0.1) is 0 Å². The molecule has 1 saturated heterocycles. The van der Waals surface area contributed by atoms with Crippen LogP contribution in [-0.4, -0.2) is 37.2 Å². The maximum absolute atomic E-state index is 5.85. The third kappa shape index (κ3) is 4.43. The molecule has 0 saturated carbocycles. The molecule has 0 unspecified atom stereocenters. The molecule has 14 heavy (non-hydrogen) atoms. The Labute approximate surface area is 88.6 Å². The van der Waals surface area contributed by atoms with Gasteiger partial charge >= 0.3 is 0 Å². The van der Waals surface area contributed by atoms with Crippen LogP contribution < -0.4 is 0 Å². The van der Waals surface area contributed by atoms with Crippen molar-refractivity contribution in [2.75, 3.05) is 26.2 Å². The summed E-state index contributed by atoms with van der Waals surface area (Å²) in [5, 5.41) is 0. The lowest BCUT2D eigenvalue weighted by Gasteiger charge is -2.30. The van der Waals surface area contributed by atoms with Gasteiger partial charge < -0.3 is 9.64 Å². The van der Waals surface area contributed by atoms with Gasteiger partial charge in [0, 0.05) is 19.7 Å². The maximum Gasteiger partial charge on any atom is 0.0599 e. The fraction of sp³-hybridized carbons (Fsp3) is 1.00. The van der Waals surface area contributed by atoms with Crippen molar-refractivity contribution < 1.29 is 4.74 Å². The van der Waals surface area contributed by atoms with Gasteiger partial charge in [-0.05, 0) is 25.8 Å². The molecule has 2 nitrogen and oxygen atoms in total. The quantitative estimate of drug-likeness (QED) is 0.610. The first-order valence-corrected chi connectivity index (χ1v) is 6.20. The fourth-order valence-electron chi connectivity index (χ4n) is 1.99. The van der Waals surface area contributed by atoms with Gasteiger partial charge in [-0.1, -0.05) is 26.7 Å². The average molecular weight is 199 g/mol. The lowest BCUT2D eigenvalue weighted by molar-refractivity contribution is 0.00705. The molecule has 0 amide bonds. The molecular weight excluding hydrogens is 174 g/mol. The molecule has 1 rings (SSSR count). The molecule has 84 valence electrons.